The minimum atomic E-state index is -3.51. The van der Waals surface area contributed by atoms with Crippen LogP contribution in [0.1, 0.15) is 21.5 Å². The van der Waals surface area contributed by atoms with Gasteiger partial charge in [0.05, 0.1) is 10.5 Å². The molecule has 1 aliphatic rings. The summed E-state index contributed by atoms with van der Waals surface area (Å²) in [5, 5.41) is 9.01. The van der Waals surface area contributed by atoms with E-state index in [0.29, 0.717) is 13.0 Å². The molecule has 0 unspecified atom stereocenters. The average Bonchev–Trinajstić information content (AvgIpc) is 2.54. The number of rotatable bonds is 3. The molecule has 6 heteroatoms. The number of sulfonamides is 1. The lowest BCUT2D eigenvalue weighted by Crippen LogP contribution is -2.36. The van der Waals surface area contributed by atoms with Crippen LogP contribution in [-0.2, 0) is 23.0 Å². The van der Waals surface area contributed by atoms with E-state index in [2.05, 4.69) is 0 Å². The normalized spacial score (nSPS) is 15.3. The molecule has 0 aliphatic carbocycles. The van der Waals surface area contributed by atoms with Crippen molar-refractivity contribution in [2.75, 3.05) is 6.54 Å². The van der Waals surface area contributed by atoms with Crippen LogP contribution in [0.25, 0.3) is 0 Å². The summed E-state index contributed by atoms with van der Waals surface area (Å²) < 4.78 is 26.6. The van der Waals surface area contributed by atoms with Gasteiger partial charge in [0.15, 0.2) is 0 Å². The first-order chi connectivity index (χ1) is 10.5. The molecular formula is C16H15NO4S. The van der Waals surface area contributed by atoms with Gasteiger partial charge in [-0.3, -0.25) is 0 Å². The Morgan fingerprint density at radius 2 is 1.77 bits per heavy atom. The summed E-state index contributed by atoms with van der Waals surface area (Å²) in [5.74, 6) is -0.970. The third-order valence-corrected chi connectivity index (χ3v) is 5.67. The van der Waals surface area contributed by atoms with Crippen LogP contribution in [0.4, 0.5) is 0 Å². The molecule has 1 heterocycles. The van der Waals surface area contributed by atoms with Gasteiger partial charge in [-0.25, -0.2) is 13.2 Å². The van der Waals surface area contributed by atoms with E-state index in [4.69, 9.17) is 5.11 Å². The van der Waals surface area contributed by atoms with Crippen molar-refractivity contribution < 1.29 is 18.3 Å². The summed E-state index contributed by atoms with van der Waals surface area (Å²) >= 11 is 0. The monoisotopic (exact) mass is 317 g/mol. The minimum Gasteiger partial charge on any atom is -0.478 e. The molecule has 0 amide bonds. The highest BCUT2D eigenvalue weighted by molar-refractivity contribution is 7.89. The van der Waals surface area contributed by atoms with Gasteiger partial charge in [-0.15, -0.1) is 0 Å². The lowest BCUT2D eigenvalue weighted by molar-refractivity contribution is 0.0696. The molecule has 0 atom stereocenters. The first-order valence-electron chi connectivity index (χ1n) is 6.89. The van der Waals surface area contributed by atoms with Gasteiger partial charge >= 0.3 is 5.97 Å². The van der Waals surface area contributed by atoms with E-state index in [9.17, 15) is 13.2 Å². The number of carboxylic acids is 1. The summed E-state index contributed by atoms with van der Waals surface area (Å²) in [6, 6.07) is 13.2. The lowest BCUT2D eigenvalue weighted by Gasteiger charge is -2.28. The molecule has 22 heavy (non-hydrogen) atoms. The van der Waals surface area contributed by atoms with Gasteiger partial charge in [-0.2, -0.15) is 4.31 Å². The van der Waals surface area contributed by atoms with Crippen molar-refractivity contribution in [2.24, 2.45) is 0 Å². The Kier molecular flexibility index (Phi) is 3.72. The Bertz CT molecular complexity index is 815. The molecule has 0 fully saturated rings. The number of benzene rings is 2. The molecule has 0 radical (unpaired) electrons. The predicted molar refractivity (Wildman–Crippen MR) is 81.1 cm³/mol. The second-order valence-corrected chi connectivity index (χ2v) is 7.13. The second kappa shape index (κ2) is 5.55. The van der Waals surface area contributed by atoms with Gasteiger partial charge < -0.3 is 5.11 Å². The zero-order valence-corrected chi connectivity index (χ0v) is 12.6. The molecule has 1 aliphatic heterocycles. The van der Waals surface area contributed by atoms with Crippen LogP contribution in [0.15, 0.2) is 53.4 Å². The highest BCUT2D eigenvalue weighted by Crippen LogP contribution is 2.25. The Morgan fingerprint density at radius 3 is 2.45 bits per heavy atom. The van der Waals surface area contributed by atoms with Crippen molar-refractivity contribution in [1.29, 1.82) is 0 Å². The summed E-state index contributed by atoms with van der Waals surface area (Å²) in [5.41, 5.74) is 1.99. The minimum absolute atomic E-state index is 0.234. The molecule has 5 nitrogen and oxygen atoms in total. The number of fused-ring (bicyclic) bond motifs is 1. The van der Waals surface area contributed by atoms with Gasteiger partial charge in [0.25, 0.3) is 0 Å². The van der Waals surface area contributed by atoms with Gasteiger partial charge in [-0.05, 0) is 41.8 Å². The topological polar surface area (TPSA) is 74.7 Å². The van der Waals surface area contributed by atoms with Crippen molar-refractivity contribution in [1.82, 2.24) is 4.31 Å². The summed E-state index contributed by atoms with van der Waals surface area (Å²) in [7, 11) is -3.51. The average molecular weight is 317 g/mol. The number of carbonyl (C=O) groups is 1. The maximum Gasteiger partial charge on any atom is 0.335 e. The van der Waals surface area contributed by atoms with Crippen LogP contribution in [0, 0.1) is 0 Å². The van der Waals surface area contributed by atoms with Gasteiger partial charge in [0, 0.05) is 13.1 Å². The molecule has 2 aromatic rings. The van der Waals surface area contributed by atoms with Crippen LogP contribution >= 0.6 is 0 Å². The molecule has 114 valence electrons. The number of hydrogen-bond donors (Lipinski definition) is 1. The van der Waals surface area contributed by atoms with Crippen molar-refractivity contribution in [3.05, 3.63) is 65.2 Å². The fourth-order valence-electron chi connectivity index (χ4n) is 2.61. The van der Waals surface area contributed by atoms with Gasteiger partial charge in [0.2, 0.25) is 10.0 Å². The molecule has 0 bridgehead atoms. The van der Waals surface area contributed by atoms with Crippen LogP contribution in [-0.4, -0.2) is 30.3 Å². The Balaban J connectivity index is 1.90. The Morgan fingerprint density at radius 1 is 1.05 bits per heavy atom. The molecule has 0 saturated carbocycles. The van der Waals surface area contributed by atoms with E-state index in [-0.39, 0.29) is 17.0 Å². The molecule has 3 rings (SSSR count). The smallest absolute Gasteiger partial charge is 0.335 e. The Labute approximate surface area is 128 Å². The fraction of sp³-hybridized carbons (Fsp3) is 0.188. The first-order valence-corrected chi connectivity index (χ1v) is 8.33. The van der Waals surface area contributed by atoms with Crippen molar-refractivity contribution in [2.45, 2.75) is 17.9 Å². The maximum absolute atomic E-state index is 12.6. The third kappa shape index (κ3) is 2.63. The second-order valence-electron chi connectivity index (χ2n) is 5.19. The highest BCUT2D eigenvalue weighted by Gasteiger charge is 2.28. The molecular weight excluding hydrogens is 302 g/mol. The van der Waals surface area contributed by atoms with Gasteiger partial charge in [-0.1, -0.05) is 24.3 Å². The van der Waals surface area contributed by atoms with Gasteiger partial charge in [0.1, 0.15) is 0 Å². The van der Waals surface area contributed by atoms with Crippen LogP contribution in [0.2, 0.25) is 0 Å². The number of nitrogens with zero attached hydrogens (tertiary/aromatic N) is 1. The number of hydrogen-bond acceptors (Lipinski definition) is 3. The largest absolute Gasteiger partial charge is 0.478 e. The molecule has 0 aromatic heterocycles. The van der Waals surface area contributed by atoms with Crippen LogP contribution < -0.4 is 0 Å². The number of aromatic carboxylic acids is 1. The molecule has 0 saturated heterocycles. The van der Waals surface area contributed by atoms with E-state index in [0.717, 1.165) is 11.1 Å². The quantitative estimate of drug-likeness (QED) is 0.941. The summed E-state index contributed by atoms with van der Waals surface area (Å²) in [4.78, 5) is 11.3. The van der Waals surface area contributed by atoms with Crippen LogP contribution in [0.3, 0.4) is 0 Å². The third-order valence-electron chi connectivity index (χ3n) is 3.81. The molecule has 0 spiro atoms. The van der Waals surface area contributed by atoms with E-state index >= 15 is 0 Å². The van der Waals surface area contributed by atoms with E-state index in [1.165, 1.54) is 10.4 Å². The van der Waals surface area contributed by atoms with Crippen molar-refractivity contribution >= 4 is 16.0 Å². The first kappa shape index (κ1) is 14.7. The van der Waals surface area contributed by atoms with Crippen molar-refractivity contribution in [3.63, 3.8) is 0 Å². The summed E-state index contributed by atoms with van der Waals surface area (Å²) in [6.07, 6.45) is 0.516. The predicted octanol–water partition coefficient (Wildman–Crippen LogP) is 2.13. The molecule has 2 aromatic carbocycles. The SMILES string of the molecule is O=C(O)c1ccc2c(c1)CCN(S(=O)(=O)c1ccccc1)C2. The Hall–Kier alpha value is -2.18. The zero-order valence-electron chi connectivity index (χ0n) is 11.8. The zero-order chi connectivity index (χ0) is 15.7. The maximum atomic E-state index is 12.6. The van der Waals surface area contributed by atoms with E-state index in [1.807, 2.05) is 0 Å². The lowest BCUT2D eigenvalue weighted by atomic mass is 9.98. The summed E-state index contributed by atoms with van der Waals surface area (Å²) in [6.45, 7) is 0.625. The van der Waals surface area contributed by atoms with Crippen molar-refractivity contribution in [3.8, 4) is 0 Å². The molecule has 1 N–H and O–H groups in total. The fourth-order valence-corrected chi connectivity index (χ4v) is 4.05. The highest BCUT2D eigenvalue weighted by atomic mass is 32.2. The standard InChI is InChI=1S/C16H15NO4S/c18-16(19)13-6-7-14-11-17(9-8-12(14)10-13)22(20,21)15-4-2-1-3-5-15/h1-7,10H,8-9,11H2,(H,18,19). The van der Waals surface area contributed by atoms with E-state index in [1.54, 1.807) is 42.5 Å². The van der Waals surface area contributed by atoms with E-state index < -0.39 is 16.0 Å². The number of carboxylic acid groups (broad SMARTS) is 1. The van der Waals surface area contributed by atoms with Crippen LogP contribution in [0.5, 0.6) is 0 Å².